The minimum atomic E-state index is -1.10. The largest absolute Gasteiger partial charge is 0.467 e. The van der Waals surface area contributed by atoms with E-state index in [1.165, 1.54) is 14.0 Å². The molecule has 0 radical (unpaired) electrons. The van der Waals surface area contributed by atoms with Crippen molar-refractivity contribution in [1.29, 1.82) is 0 Å². The summed E-state index contributed by atoms with van der Waals surface area (Å²) in [7, 11) is 1.18. The molecule has 13 heteroatoms. The number of methoxy groups -OCH3 is 1. The summed E-state index contributed by atoms with van der Waals surface area (Å²) >= 11 is 0. The average molecular weight is 506 g/mol. The lowest BCUT2D eigenvalue weighted by molar-refractivity contribution is -0.143. The maximum atomic E-state index is 12.4. The van der Waals surface area contributed by atoms with Crippen LogP contribution in [-0.2, 0) is 33.5 Å². The van der Waals surface area contributed by atoms with Crippen molar-refractivity contribution in [2.75, 3.05) is 20.3 Å². The summed E-state index contributed by atoms with van der Waals surface area (Å²) in [5.74, 6) is -1.64. The van der Waals surface area contributed by atoms with Crippen LogP contribution < -0.4 is 16.4 Å². The molecule has 1 aliphatic rings. The van der Waals surface area contributed by atoms with Crippen molar-refractivity contribution in [3.63, 3.8) is 0 Å². The van der Waals surface area contributed by atoms with Crippen LogP contribution >= 0.6 is 0 Å². The molecule has 4 N–H and O–H groups in total. The maximum absolute atomic E-state index is 12.4. The number of benzene rings is 1. The number of nitrogens with zero attached hydrogens (tertiary/aromatic N) is 2. The van der Waals surface area contributed by atoms with Gasteiger partial charge < -0.3 is 35.5 Å². The maximum Gasteiger partial charge on any atom is 0.407 e. The number of carbonyl (C=O) groups excluding carboxylic acids is 4. The van der Waals surface area contributed by atoms with Crippen molar-refractivity contribution < 1.29 is 38.3 Å². The Balaban J connectivity index is 1.83. The van der Waals surface area contributed by atoms with Crippen LogP contribution in [0.5, 0.6) is 0 Å². The number of ether oxygens (including phenoxy) is 2. The Morgan fingerprint density at radius 3 is 2.61 bits per heavy atom. The zero-order chi connectivity index (χ0) is 26.5. The SMILES string of the molecule is CCCCOC(=O)NC(CNC(=O)CC1CC(c2ccc(C(N)=NOC(C)=O)cc2)=NO1)C(=O)OC. The van der Waals surface area contributed by atoms with Gasteiger partial charge in [0, 0.05) is 25.5 Å². The zero-order valence-electron chi connectivity index (χ0n) is 20.4. The fraction of sp³-hybridized carbons (Fsp3) is 0.478. The van der Waals surface area contributed by atoms with Gasteiger partial charge >= 0.3 is 18.0 Å². The van der Waals surface area contributed by atoms with Gasteiger partial charge in [-0.05, 0) is 12.0 Å². The number of hydrogen-bond acceptors (Lipinski definition) is 10. The van der Waals surface area contributed by atoms with E-state index in [2.05, 4.69) is 30.5 Å². The number of nitrogens with one attached hydrogen (secondary N) is 2. The monoisotopic (exact) mass is 505 g/mol. The number of nitrogens with two attached hydrogens (primary N) is 1. The third kappa shape index (κ3) is 9.24. The van der Waals surface area contributed by atoms with E-state index in [-0.39, 0.29) is 25.4 Å². The fourth-order valence-electron chi connectivity index (χ4n) is 3.03. The Kier molecular flexibility index (Phi) is 11.1. The highest BCUT2D eigenvalue weighted by molar-refractivity contribution is 6.03. The summed E-state index contributed by atoms with van der Waals surface area (Å²) < 4.78 is 9.65. The lowest BCUT2D eigenvalue weighted by Crippen LogP contribution is -2.49. The molecule has 196 valence electrons. The summed E-state index contributed by atoms with van der Waals surface area (Å²) in [6.45, 7) is 3.22. The van der Waals surface area contributed by atoms with Crippen molar-refractivity contribution >= 4 is 35.5 Å². The first-order valence-electron chi connectivity index (χ1n) is 11.4. The van der Waals surface area contributed by atoms with Crippen LogP contribution in [0.25, 0.3) is 0 Å². The van der Waals surface area contributed by atoms with Crippen molar-refractivity contribution in [3.05, 3.63) is 35.4 Å². The van der Waals surface area contributed by atoms with Crippen LogP contribution in [0.15, 0.2) is 34.6 Å². The number of carbonyl (C=O) groups is 4. The predicted octanol–water partition coefficient (Wildman–Crippen LogP) is 0.937. The molecule has 0 aliphatic carbocycles. The van der Waals surface area contributed by atoms with Crippen LogP contribution in [0.2, 0.25) is 0 Å². The number of oxime groups is 2. The molecule has 1 heterocycles. The van der Waals surface area contributed by atoms with Crippen LogP contribution in [0.1, 0.15) is 50.7 Å². The Morgan fingerprint density at radius 1 is 1.25 bits per heavy atom. The van der Waals surface area contributed by atoms with Gasteiger partial charge in [0.25, 0.3) is 0 Å². The molecule has 2 atom stereocenters. The summed E-state index contributed by atoms with van der Waals surface area (Å²) in [6.07, 6.45) is 0.648. The molecule has 2 unspecified atom stereocenters. The normalized spacial score (nSPS) is 15.7. The van der Waals surface area contributed by atoms with Gasteiger partial charge in [-0.2, -0.15) is 0 Å². The average Bonchev–Trinajstić information content (AvgIpc) is 3.33. The van der Waals surface area contributed by atoms with Gasteiger partial charge in [0.05, 0.1) is 25.8 Å². The second-order valence-electron chi connectivity index (χ2n) is 7.82. The molecule has 0 fully saturated rings. The van der Waals surface area contributed by atoms with E-state index < -0.39 is 36.1 Å². The number of rotatable bonds is 12. The first-order valence-corrected chi connectivity index (χ1v) is 11.4. The van der Waals surface area contributed by atoms with Crippen molar-refractivity contribution in [2.24, 2.45) is 16.0 Å². The number of esters is 1. The van der Waals surface area contributed by atoms with E-state index in [0.717, 1.165) is 12.0 Å². The molecule has 1 aromatic rings. The molecule has 0 spiro atoms. The predicted molar refractivity (Wildman–Crippen MR) is 128 cm³/mol. The fourth-order valence-corrected chi connectivity index (χ4v) is 3.03. The highest BCUT2D eigenvalue weighted by atomic mass is 16.7. The van der Waals surface area contributed by atoms with Gasteiger partial charge in [-0.1, -0.05) is 47.9 Å². The summed E-state index contributed by atoms with van der Waals surface area (Å²) in [5, 5.41) is 12.5. The minimum absolute atomic E-state index is 0.0120. The van der Waals surface area contributed by atoms with E-state index >= 15 is 0 Å². The molecule has 0 saturated carbocycles. The standard InChI is InChI=1S/C23H31N5O8/c1-4-5-10-34-23(32)26-19(22(31)33-3)13-25-20(30)12-17-11-18(27-36-17)15-6-8-16(9-7-15)21(24)28-35-14(2)29/h6-9,17,19H,4-5,10-13H2,1-3H3,(H2,24,28)(H,25,30)(H,26,32). The van der Waals surface area contributed by atoms with Gasteiger partial charge in [-0.15, -0.1) is 0 Å². The van der Waals surface area contributed by atoms with Gasteiger partial charge in [-0.25, -0.2) is 14.4 Å². The van der Waals surface area contributed by atoms with Crippen molar-refractivity contribution in [2.45, 2.75) is 51.7 Å². The van der Waals surface area contributed by atoms with Crippen LogP contribution in [-0.4, -0.2) is 67.9 Å². The van der Waals surface area contributed by atoms with Gasteiger partial charge in [0.2, 0.25) is 5.91 Å². The second kappa shape index (κ2) is 14.3. The lowest BCUT2D eigenvalue weighted by atomic mass is 10.0. The summed E-state index contributed by atoms with van der Waals surface area (Å²) in [5.41, 5.74) is 7.72. The molecule has 0 aromatic heterocycles. The van der Waals surface area contributed by atoms with Crippen LogP contribution in [0, 0.1) is 0 Å². The Labute approximate surface area is 208 Å². The molecule has 36 heavy (non-hydrogen) atoms. The quantitative estimate of drug-likeness (QED) is 0.0930. The van der Waals surface area contributed by atoms with Gasteiger partial charge in [-0.3, -0.25) is 4.79 Å². The number of hydrogen-bond donors (Lipinski definition) is 3. The van der Waals surface area contributed by atoms with Gasteiger partial charge in [0.1, 0.15) is 12.1 Å². The summed E-state index contributed by atoms with van der Waals surface area (Å²) in [4.78, 5) is 56.9. The Morgan fingerprint density at radius 2 is 1.97 bits per heavy atom. The molecule has 1 aliphatic heterocycles. The van der Waals surface area contributed by atoms with E-state index in [9.17, 15) is 19.2 Å². The number of alkyl carbamates (subject to hydrolysis) is 1. The smallest absolute Gasteiger partial charge is 0.407 e. The van der Waals surface area contributed by atoms with E-state index in [1.54, 1.807) is 24.3 Å². The molecular formula is C23H31N5O8. The topological polar surface area (TPSA) is 180 Å². The third-order valence-corrected chi connectivity index (χ3v) is 4.94. The van der Waals surface area contributed by atoms with Gasteiger partial charge in [0.15, 0.2) is 5.84 Å². The molecule has 2 rings (SSSR count). The first kappa shape index (κ1) is 28.1. The van der Waals surface area contributed by atoms with Crippen LogP contribution in [0.4, 0.5) is 4.79 Å². The highest BCUT2D eigenvalue weighted by Crippen LogP contribution is 2.19. The number of amides is 2. The zero-order valence-corrected chi connectivity index (χ0v) is 20.4. The summed E-state index contributed by atoms with van der Waals surface area (Å²) in [6, 6.07) is 5.78. The highest BCUT2D eigenvalue weighted by Gasteiger charge is 2.27. The number of unbranched alkanes of at least 4 members (excludes halogenated alkanes) is 1. The van der Waals surface area contributed by atoms with E-state index in [4.69, 9.17) is 15.3 Å². The molecule has 0 bridgehead atoms. The van der Waals surface area contributed by atoms with E-state index in [0.29, 0.717) is 24.1 Å². The number of amidine groups is 1. The minimum Gasteiger partial charge on any atom is -0.467 e. The first-order chi connectivity index (χ1) is 17.2. The van der Waals surface area contributed by atoms with Crippen molar-refractivity contribution in [1.82, 2.24) is 10.6 Å². The third-order valence-electron chi connectivity index (χ3n) is 4.94. The molecule has 13 nitrogen and oxygen atoms in total. The Bertz CT molecular complexity index is 993. The second-order valence-corrected chi connectivity index (χ2v) is 7.82. The van der Waals surface area contributed by atoms with E-state index in [1.807, 2.05) is 6.92 Å². The lowest BCUT2D eigenvalue weighted by Gasteiger charge is -2.17. The molecule has 0 saturated heterocycles. The molecular weight excluding hydrogens is 474 g/mol. The van der Waals surface area contributed by atoms with Crippen LogP contribution in [0.3, 0.4) is 0 Å². The molecule has 2 amide bonds. The molecule has 1 aromatic carbocycles. The Hall–Kier alpha value is -4.16. The van der Waals surface area contributed by atoms with Crippen molar-refractivity contribution in [3.8, 4) is 0 Å².